The highest BCUT2D eigenvalue weighted by Crippen LogP contribution is 2.23. The molecular formula is C18H23N3O. The van der Waals surface area contributed by atoms with Gasteiger partial charge in [0.2, 0.25) is 0 Å². The summed E-state index contributed by atoms with van der Waals surface area (Å²) in [5.41, 5.74) is 2.42. The van der Waals surface area contributed by atoms with Crippen LogP contribution in [0.25, 0.3) is 11.4 Å². The van der Waals surface area contributed by atoms with Crippen LogP contribution in [0.4, 0.5) is 0 Å². The average molecular weight is 297 g/mol. The molecule has 1 fully saturated rings. The lowest BCUT2D eigenvalue weighted by atomic mass is 10.2. The van der Waals surface area contributed by atoms with E-state index in [1.807, 2.05) is 18.2 Å². The molecule has 1 unspecified atom stereocenters. The topological polar surface area (TPSA) is 39.9 Å². The van der Waals surface area contributed by atoms with Gasteiger partial charge in [-0.05, 0) is 26.7 Å². The van der Waals surface area contributed by atoms with E-state index in [2.05, 4.69) is 36.7 Å². The molecule has 1 aliphatic heterocycles. The summed E-state index contributed by atoms with van der Waals surface area (Å²) in [5.74, 6) is 1.88. The van der Waals surface area contributed by atoms with E-state index in [0.29, 0.717) is 6.04 Å². The van der Waals surface area contributed by atoms with Crippen LogP contribution in [-0.4, -0.2) is 28.0 Å². The molecule has 0 amide bonds. The molecule has 1 saturated heterocycles. The molecule has 22 heavy (non-hydrogen) atoms. The van der Waals surface area contributed by atoms with Crippen molar-refractivity contribution < 1.29 is 4.74 Å². The number of nitrogens with zero attached hydrogens (tertiary/aromatic N) is 3. The molecule has 1 aliphatic rings. The number of allylic oxidation sites excluding steroid dienone is 2. The van der Waals surface area contributed by atoms with E-state index in [1.165, 1.54) is 5.57 Å². The van der Waals surface area contributed by atoms with Crippen LogP contribution in [0.1, 0.15) is 38.6 Å². The number of ether oxygens (including phenoxy) is 1. The molecule has 0 aliphatic carbocycles. The molecule has 4 nitrogen and oxygen atoms in total. The summed E-state index contributed by atoms with van der Waals surface area (Å²) in [4.78, 5) is 4.79. The van der Waals surface area contributed by atoms with Crippen molar-refractivity contribution in [2.75, 3.05) is 13.2 Å². The molecule has 0 bridgehead atoms. The predicted octanol–water partition coefficient (Wildman–Crippen LogP) is 3.81. The maximum atomic E-state index is 5.52. The van der Waals surface area contributed by atoms with E-state index in [-0.39, 0.29) is 0 Å². The minimum atomic E-state index is 0.326. The van der Waals surface area contributed by atoms with E-state index < -0.39 is 0 Å². The first-order chi connectivity index (χ1) is 10.7. The maximum Gasteiger partial charge on any atom is 0.181 e. The summed E-state index contributed by atoms with van der Waals surface area (Å²) in [5, 5.41) is 4.77. The first-order valence-corrected chi connectivity index (χ1v) is 7.96. The first-order valence-electron chi connectivity index (χ1n) is 7.96. The Kier molecular flexibility index (Phi) is 4.68. The Morgan fingerprint density at radius 3 is 2.82 bits per heavy atom. The number of rotatable bonds is 5. The largest absolute Gasteiger partial charge is 0.379 e. The molecule has 2 heterocycles. The molecule has 1 atom stereocenters. The Balaban J connectivity index is 1.88. The Hall–Kier alpha value is -1.94. The molecular weight excluding hydrogens is 274 g/mol. The second kappa shape index (κ2) is 6.88. The third-order valence-electron chi connectivity index (χ3n) is 3.91. The standard InChI is InChI=1S/C18H23N3O/c1-14(2)7-6-10-17-19-18(15-8-4-3-5-9-15)20-21(17)16-11-12-22-13-16/h3-5,7-9,16H,6,10-13H2,1-2H3. The number of aryl methyl sites for hydroxylation is 1. The van der Waals surface area contributed by atoms with E-state index in [1.54, 1.807) is 0 Å². The van der Waals surface area contributed by atoms with Gasteiger partial charge in [-0.15, -0.1) is 0 Å². The second-order valence-corrected chi connectivity index (χ2v) is 6.00. The molecule has 3 rings (SSSR count). The highest BCUT2D eigenvalue weighted by Gasteiger charge is 2.23. The highest BCUT2D eigenvalue weighted by molar-refractivity contribution is 5.54. The van der Waals surface area contributed by atoms with Crippen LogP contribution < -0.4 is 0 Å². The van der Waals surface area contributed by atoms with Gasteiger partial charge >= 0.3 is 0 Å². The minimum Gasteiger partial charge on any atom is -0.379 e. The van der Waals surface area contributed by atoms with Gasteiger partial charge in [-0.25, -0.2) is 9.67 Å². The molecule has 4 heteroatoms. The number of benzene rings is 1. The van der Waals surface area contributed by atoms with Gasteiger partial charge in [0.25, 0.3) is 0 Å². The molecule has 116 valence electrons. The molecule has 1 aromatic carbocycles. The van der Waals surface area contributed by atoms with Crippen LogP contribution in [0.15, 0.2) is 42.0 Å². The SMILES string of the molecule is CC(C)=CCCc1nc(-c2ccccc2)nn1C1CCOC1. The van der Waals surface area contributed by atoms with E-state index >= 15 is 0 Å². The van der Waals surface area contributed by atoms with Crippen LogP contribution >= 0.6 is 0 Å². The zero-order valence-electron chi connectivity index (χ0n) is 13.3. The number of aromatic nitrogens is 3. The van der Waals surface area contributed by atoms with Crippen LogP contribution in [0.3, 0.4) is 0 Å². The summed E-state index contributed by atoms with van der Waals surface area (Å²) in [6.45, 7) is 5.82. The van der Waals surface area contributed by atoms with Crippen molar-refractivity contribution in [2.24, 2.45) is 0 Å². The lowest BCUT2D eigenvalue weighted by Crippen LogP contribution is -2.14. The van der Waals surface area contributed by atoms with Crippen molar-refractivity contribution in [1.82, 2.24) is 14.8 Å². The van der Waals surface area contributed by atoms with E-state index in [4.69, 9.17) is 14.8 Å². The fraction of sp³-hybridized carbons (Fsp3) is 0.444. The zero-order valence-corrected chi connectivity index (χ0v) is 13.3. The van der Waals surface area contributed by atoms with Crippen molar-refractivity contribution in [1.29, 1.82) is 0 Å². The average Bonchev–Trinajstić information content (AvgIpc) is 3.16. The number of hydrogen-bond acceptors (Lipinski definition) is 3. The monoisotopic (exact) mass is 297 g/mol. The van der Waals surface area contributed by atoms with Gasteiger partial charge in [0.15, 0.2) is 5.82 Å². The number of hydrogen-bond donors (Lipinski definition) is 0. The van der Waals surface area contributed by atoms with Crippen LogP contribution in [0.5, 0.6) is 0 Å². The molecule has 0 saturated carbocycles. The van der Waals surface area contributed by atoms with Gasteiger partial charge in [0.05, 0.1) is 12.6 Å². The van der Waals surface area contributed by atoms with Crippen molar-refractivity contribution in [2.45, 2.75) is 39.2 Å². The second-order valence-electron chi connectivity index (χ2n) is 6.00. The summed E-state index contributed by atoms with van der Waals surface area (Å²) >= 11 is 0. The Morgan fingerprint density at radius 2 is 2.14 bits per heavy atom. The smallest absolute Gasteiger partial charge is 0.181 e. The predicted molar refractivity (Wildman–Crippen MR) is 87.7 cm³/mol. The molecule has 0 N–H and O–H groups in total. The Labute approximate surface area is 131 Å². The van der Waals surface area contributed by atoms with Gasteiger partial charge < -0.3 is 4.74 Å². The first kappa shape index (κ1) is 15.0. The lowest BCUT2D eigenvalue weighted by Gasteiger charge is -2.10. The molecule has 1 aromatic heterocycles. The Morgan fingerprint density at radius 1 is 1.32 bits per heavy atom. The fourth-order valence-electron chi connectivity index (χ4n) is 2.73. The van der Waals surface area contributed by atoms with Gasteiger partial charge in [0.1, 0.15) is 5.82 Å². The van der Waals surface area contributed by atoms with Crippen molar-refractivity contribution in [3.8, 4) is 11.4 Å². The minimum absolute atomic E-state index is 0.326. The molecule has 2 aromatic rings. The summed E-state index contributed by atoms with van der Waals surface area (Å²) in [6.07, 6.45) is 5.20. The third-order valence-corrected chi connectivity index (χ3v) is 3.91. The summed E-state index contributed by atoms with van der Waals surface area (Å²) in [7, 11) is 0. The maximum absolute atomic E-state index is 5.52. The summed E-state index contributed by atoms with van der Waals surface area (Å²) in [6, 6.07) is 10.5. The van der Waals surface area contributed by atoms with Gasteiger partial charge in [-0.2, -0.15) is 5.10 Å². The van der Waals surface area contributed by atoms with Crippen molar-refractivity contribution in [3.63, 3.8) is 0 Å². The van der Waals surface area contributed by atoms with Crippen molar-refractivity contribution in [3.05, 3.63) is 47.8 Å². The van der Waals surface area contributed by atoms with Crippen LogP contribution in [0, 0.1) is 0 Å². The Bertz CT molecular complexity index is 636. The van der Waals surface area contributed by atoms with E-state index in [0.717, 1.165) is 49.7 Å². The summed E-state index contributed by atoms with van der Waals surface area (Å²) < 4.78 is 7.62. The normalized spacial score (nSPS) is 17.6. The lowest BCUT2D eigenvalue weighted by molar-refractivity contribution is 0.184. The van der Waals surface area contributed by atoms with Crippen LogP contribution in [-0.2, 0) is 11.2 Å². The zero-order chi connectivity index (χ0) is 15.4. The molecule has 0 spiro atoms. The van der Waals surface area contributed by atoms with E-state index in [9.17, 15) is 0 Å². The van der Waals surface area contributed by atoms with Crippen molar-refractivity contribution >= 4 is 0 Å². The fourth-order valence-corrected chi connectivity index (χ4v) is 2.73. The van der Waals surface area contributed by atoms with Gasteiger partial charge in [-0.1, -0.05) is 42.0 Å². The van der Waals surface area contributed by atoms with Gasteiger partial charge in [-0.3, -0.25) is 0 Å². The van der Waals surface area contributed by atoms with Gasteiger partial charge in [0, 0.05) is 18.6 Å². The highest BCUT2D eigenvalue weighted by atomic mass is 16.5. The quantitative estimate of drug-likeness (QED) is 0.788. The molecule has 0 radical (unpaired) electrons. The van der Waals surface area contributed by atoms with Crippen LogP contribution in [0.2, 0.25) is 0 Å². The third kappa shape index (κ3) is 3.45.